The number of hydrogen-bond acceptors (Lipinski definition) is 4. The van der Waals surface area contributed by atoms with E-state index in [1.807, 2.05) is 20.8 Å². The molecule has 18 heavy (non-hydrogen) atoms. The number of carbonyl (C=O) groups excluding carboxylic acids is 2. The molecule has 0 saturated carbocycles. The van der Waals surface area contributed by atoms with Crippen molar-refractivity contribution < 1.29 is 19.1 Å². The number of halogens is 1. The topological polar surface area (TPSA) is 52.6 Å². The Hall–Kier alpha value is -0.330. The lowest BCUT2D eigenvalue weighted by Crippen LogP contribution is -2.39. The van der Waals surface area contributed by atoms with Crippen molar-refractivity contribution in [1.82, 2.24) is 0 Å². The average molecular weight is 368 g/mol. The Kier molecular flexibility index (Phi) is 5.43. The number of rotatable bonds is 5. The maximum atomic E-state index is 12.3. The summed E-state index contributed by atoms with van der Waals surface area (Å²) in [5.41, 5.74) is -0.552. The van der Waals surface area contributed by atoms with E-state index >= 15 is 0 Å². The Morgan fingerprint density at radius 3 is 2.56 bits per heavy atom. The molecule has 104 valence electrons. The minimum Gasteiger partial charge on any atom is -0.463 e. The Bertz CT molecular complexity index is 327. The normalized spacial score (nSPS) is 24.6. The second-order valence-corrected chi connectivity index (χ2v) is 7.53. The smallest absolute Gasteiger partial charge is 0.347 e. The van der Waals surface area contributed by atoms with Crippen molar-refractivity contribution in [3.63, 3.8) is 0 Å². The first-order chi connectivity index (χ1) is 8.27. The molecule has 1 rings (SSSR count). The van der Waals surface area contributed by atoms with Crippen LogP contribution in [0.4, 0.5) is 0 Å². The number of ether oxygens (including phenoxy) is 2. The van der Waals surface area contributed by atoms with Crippen molar-refractivity contribution in [2.75, 3.05) is 6.61 Å². The van der Waals surface area contributed by atoms with E-state index in [1.54, 1.807) is 0 Å². The minimum absolute atomic E-state index is 0.166. The van der Waals surface area contributed by atoms with Gasteiger partial charge in [0.15, 0.2) is 0 Å². The van der Waals surface area contributed by atoms with Gasteiger partial charge in [-0.05, 0) is 19.3 Å². The van der Waals surface area contributed by atoms with Gasteiger partial charge in [-0.3, -0.25) is 4.79 Å². The van der Waals surface area contributed by atoms with E-state index in [9.17, 15) is 9.59 Å². The number of carbonyl (C=O) groups is 2. The minimum atomic E-state index is -0.708. The first-order valence-corrected chi connectivity index (χ1v) is 7.53. The Balaban J connectivity index is 2.73. The van der Waals surface area contributed by atoms with Gasteiger partial charge in [0.25, 0.3) is 0 Å². The van der Waals surface area contributed by atoms with E-state index in [0.29, 0.717) is 17.0 Å². The molecule has 1 aliphatic rings. The molecule has 1 saturated heterocycles. The standard InChI is InChI=1S/C13H21IO4/c1-8(2)13(4,7-9(3)14)12(16)18-10-5-6-17-11(10)15/h8-10H,5-7H2,1-4H3. The zero-order chi connectivity index (χ0) is 13.9. The molecule has 0 aromatic carbocycles. The van der Waals surface area contributed by atoms with Crippen LogP contribution in [-0.4, -0.2) is 28.6 Å². The van der Waals surface area contributed by atoms with Crippen LogP contribution in [0.25, 0.3) is 0 Å². The number of cyclic esters (lactones) is 1. The Morgan fingerprint density at radius 2 is 2.17 bits per heavy atom. The highest BCUT2D eigenvalue weighted by Gasteiger charge is 2.42. The molecule has 1 fully saturated rings. The lowest BCUT2D eigenvalue weighted by Gasteiger charge is -2.33. The summed E-state index contributed by atoms with van der Waals surface area (Å²) in [6.07, 6.45) is 0.504. The van der Waals surface area contributed by atoms with Crippen LogP contribution in [0.2, 0.25) is 0 Å². The number of esters is 2. The SMILES string of the molecule is CC(I)CC(C)(C(=O)OC1CCOC1=O)C(C)C. The second-order valence-electron chi connectivity index (χ2n) is 5.41. The molecule has 5 heteroatoms. The van der Waals surface area contributed by atoms with Gasteiger partial charge in [-0.2, -0.15) is 0 Å². The fourth-order valence-corrected chi connectivity index (χ4v) is 2.90. The van der Waals surface area contributed by atoms with E-state index in [2.05, 4.69) is 29.5 Å². The van der Waals surface area contributed by atoms with Crippen molar-refractivity contribution in [2.24, 2.45) is 11.3 Å². The van der Waals surface area contributed by atoms with Crippen LogP contribution < -0.4 is 0 Å². The maximum absolute atomic E-state index is 12.3. The predicted octanol–water partition coefficient (Wildman–Crippen LogP) is 2.72. The summed E-state index contributed by atoms with van der Waals surface area (Å²) >= 11 is 2.30. The first kappa shape index (κ1) is 15.7. The van der Waals surface area contributed by atoms with Crippen molar-refractivity contribution in [3.05, 3.63) is 0 Å². The summed E-state index contributed by atoms with van der Waals surface area (Å²) in [6.45, 7) is 8.34. The Labute approximate surface area is 122 Å². The monoisotopic (exact) mass is 368 g/mol. The van der Waals surface area contributed by atoms with Crippen molar-refractivity contribution in [3.8, 4) is 0 Å². The van der Waals surface area contributed by atoms with E-state index in [1.165, 1.54) is 0 Å². The summed E-state index contributed by atoms with van der Waals surface area (Å²) in [7, 11) is 0. The first-order valence-electron chi connectivity index (χ1n) is 6.29. The second kappa shape index (κ2) is 6.21. The van der Waals surface area contributed by atoms with Gasteiger partial charge in [0.2, 0.25) is 6.10 Å². The van der Waals surface area contributed by atoms with Crippen molar-refractivity contribution in [1.29, 1.82) is 0 Å². The predicted molar refractivity (Wildman–Crippen MR) is 76.5 cm³/mol. The zero-order valence-corrected chi connectivity index (χ0v) is 13.5. The third-order valence-electron chi connectivity index (χ3n) is 3.58. The number of hydrogen-bond donors (Lipinski definition) is 0. The molecule has 0 N–H and O–H groups in total. The molecule has 0 amide bonds. The summed E-state index contributed by atoms with van der Waals surface area (Å²) in [4.78, 5) is 23.6. The molecule has 4 nitrogen and oxygen atoms in total. The molecule has 1 heterocycles. The fraction of sp³-hybridized carbons (Fsp3) is 0.846. The molecule has 1 aliphatic heterocycles. The molecule has 3 unspecified atom stereocenters. The molecule has 0 spiro atoms. The van der Waals surface area contributed by atoms with Gasteiger partial charge in [-0.15, -0.1) is 0 Å². The molecule has 0 aliphatic carbocycles. The largest absolute Gasteiger partial charge is 0.463 e. The lowest BCUT2D eigenvalue weighted by molar-refractivity contribution is -0.170. The van der Waals surface area contributed by atoms with Crippen molar-refractivity contribution >= 4 is 34.5 Å². The van der Waals surface area contributed by atoms with Crippen LogP contribution in [-0.2, 0) is 19.1 Å². The van der Waals surface area contributed by atoms with Gasteiger partial charge >= 0.3 is 11.9 Å². The number of alkyl halides is 1. The third kappa shape index (κ3) is 3.59. The van der Waals surface area contributed by atoms with E-state index in [4.69, 9.17) is 9.47 Å². The molecule has 3 atom stereocenters. The van der Waals surface area contributed by atoms with E-state index in [0.717, 1.165) is 6.42 Å². The Morgan fingerprint density at radius 1 is 1.56 bits per heavy atom. The highest BCUT2D eigenvalue weighted by atomic mass is 127. The van der Waals surface area contributed by atoms with E-state index in [-0.39, 0.29) is 11.9 Å². The molecular weight excluding hydrogens is 347 g/mol. The summed E-state index contributed by atoms with van der Waals surface area (Å²) in [5.74, 6) is -0.540. The van der Waals surface area contributed by atoms with Gasteiger partial charge < -0.3 is 9.47 Å². The zero-order valence-electron chi connectivity index (χ0n) is 11.4. The van der Waals surface area contributed by atoms with Crippen molar-refractivity contribution in [2.45, 2.75) is 50.6 Å². The summed E-state index contributed by atoms with van der Waals surface area (Å²) in [5, 5.41) is 0. The molecular formula is C13H21IO4. The van der Waals surface area contributed by atoms with Gasteiger partial charge in [0.05, 0.1) is 12.0 Å². The van der Waals surface area contributed by atoms with Crippen LogP contribution in [0.5, 0.6) is 0 Å². The fourth-order valence-electron chi connectivity index (χ4n) is 1.99. The molecule has 0 aromatic heterocycles. The van der Waals surface area contributed by atoms with Gasteiger partial charge in [0.1, 0.15) is 0 Å². The van der Waals surface area contributed by atoms with E-state index < -0.39 is 17.5 Å². The summed E-state index contributed by atoms with van der Waals surface area (Å²) < 4.78 is 10.5. The van der Waals surface area contributed by atoms with Crippen LogP contribution in [0, 0.1) is 11.3 Å². The highest BCUT2D eigenvalue weighted by molar-refractivity contribution is 14.1. The average Bonchev–Trinajstić information content (AvgIpc) is 2.63. The van der Waals surface area contributed by atoms with Crippen LogP contribution >= 0.6 is 22.6 Å². The van der Waals surface area contributed by atoms with Gasteiger partial charge in [0, 0.05) is 10.3 Å². The quantitative estimate of drug-likeness (QED) is 0.426. The molecule has 0 aromatic rings. The van der Waals surface area contributed by atoms with Crippen LogP contribution in [0.3, 0.4) is 0 Å². The molecule has 0 bridgehead atoms. The van der Waals surface area contributed by atoms with Gasteiger partial charge in [-0.1, -0.05) is 43.4 Å². The lowest BCUT2D eigenvalue weighted by atomic mass is 9.75. The third-order valence-corrected chi connectivity index (χ3v) is 4.02. The molecule has 0 radical (unpaired) electrons. The van der Waals surface area contributed by atoms with Crippen LogP contribution in [0.15, 0.2) is 0 Å². The summed E-state index contributed by atoms with van der Waals surface area (Å²) in [6, 6.07) is 0. The highest BCUT2D eigenvalue weighted by Crippen LogP contribution is 2.36. The van der Waals surface area contributed by atoms with Gasteiger partial charge in [-0.25, -0.2) is 4.79 Å². The van der Waals surface area contributed by atoms with Crippen LogP contribution in [0.1, 0.15) is 40.5 Å². The maximum Gasteiger partial charge on any atom is 0.347 e.